The highest BCUT2D eigenvalue weighted by Gasteiger charge is 2.60. The second kappa shape index (κ2) is 21.0. The predicted octanol–water partition coefficient (Wildman–Crippen LogP) is 7.28. The fourth-order valence-corrected chi connectivity index (χ4v) is 11.7. The molecule has 4 fully saturated rings. The van der Waals surface area contributed by atoms with Gasteiger partial charge < -0.3 is 34.1 Å². The lowest BCUT2D eigenvalue weighted by molar-refractivity contribution is -0.383. The molecule has 0 aliphatic heterocycles. The molecule has 1 aromatic heterocycles. The number of nitrogens with zero attached hydrogens (tertiary/aromatic N) is 6. The van der Waals surface area contributed by atoms with Crippen LogP contribution in [-0.2, 0) is 38.1 Å². The van der Waals surface area contributed by atoms with E-state index in [9.17, 15) is 29.6 Å². The van der Waals surface area contributed by atoms with E-state index in [0.29, 0.717) is 94.5 Å². The summed E-state index contributed by atoms with van der Waals surface area (Å²) in [6.45, 7) is 10.1. The van der Waals surface area contributed by atoms with Crippen LogP contribution in [0.25, 0.3) is 21.5 Å². The van der Waals surface area contributed by atoms with Crippen LogP contribution in [-0.4, -0.2) is 103 Å². The molecule has 0 saturated heterocycles. The Bertz CT molecular complexity index is 1890. The number of nitro benzene ring substituents is 1. The Morgan fingerprint density at radius 2 is 1.66 bits per heavy atom. The number of benzene rings is 1. The quantitative estimate of drug-likeness (QED) is 0.0212. The SMILES string of the molecule is C[C@H](CCC(=O)OCCOCCOCCOCCN=[N+]=[N-])[C@H]1CC[C@H]2[C@@H]3CC[C@@H]4C[C@H](OC(=O)[C@H](CC(=O)O)Nc5ccc([N+](=O)[O-])c6nonc56)CC[C@]4(C)[C@H]3CC[C@]12C. The summed E-state index contributed by atoms with van der Waals surface area (Å²) in [6, 6.07) is 1.31. The number of hydrogen-bond acceptors (Lipinski definition) is 15. The van der Waals surface area contributed by atoms with Crippen molar-refractivity contribution in [2.75, 3.05) is 58.1 Å². The van der Waals surface area contributed by atoms with Gasteiger partial charge in [0, 0.05) is 23.9 Å². The molecule has 2 N–H and O–H groups in total. The Morgan fingerprint density at radius 3 is 2.38 bits per heavy atom. The highest BCUT2D eigenvalue weighted by Crippen LogP contribution is 2.68. The molecule has 0 amide bonds. The van der Waals surface area contributed by atoms with E-state index in [4.69, 9.17) is 33.8 Å². The molecule has 0 unspecified atom stereocenters. The van der Waals surface area contributed by atoms with E-state index in [1.165, 1.54) is 37.8 Å². The minimum atomic E-state index is -1.25. The number of rotatable bonds is 23. The molecule has 1 aromatic carbocycles. The van der Waals surface area contributed by atoms with Crippen molar-refractivity contribution in [3.63, 3.8) is 0 Å². The van der Waals surface area contributed by atoms with Gasteiger partial charge >= 0.3 is 23.6 Å². The fraction of sp³-hybridized carbons (Fsp3) is 0.786. The number of hydrogen-bond donors (Lipinski definition) is 2. The third-order valence-electron chi connectivity index (χ3n) is 14.7. The van der Waals surface area contributed by atoms with E-state index in [-0.39, 0.29) is 51.9 Å². The number of aromatic nitrogens is 2. The zero-order valence-corrected chi connectivity index (χ0v) is 35.5. The number of esters is 2. The molecule has 1 heterocycles. The van der Waals surface area contributed by atoms with Gasteiger partial charge in [-0.25, -0.2) is 9.42 Å². The molecular formula is C42H61N7O12. The molecule has 61 heavy (non-hydrogen) atoms. The van der Waals surface area contributed by atoms with Crippen LogP contribution in [0.15, 0.2) is 21.9 Å². The summed E-state index contributed by atoms with van der Waals surface area (Å²) in [4.78, 5) is 51.5. The van der Waals surface area contributed by atoms with Gasteiger partial charge in [0.25, 0.3) is 0 Å². The molecule has 0 bridgehead atoms. The average Bonchev–Trinajstić information content (AvgIpc) is 3.87. The lowest BCUT2D eigenvalue weighted by Gasteiger charge is -2.61. The maximum absolute atomic E-state index is 13.6. The number of carboxylic acids is 1. The van der Waals surface area contributed by atoms with Crippen LogP contribution in [0.4, 0.5) is 11.4 Å². The highest BCUT2D eigenvalue weighted by molar-refractivity contribution is 5.95. The Kier molecular flexibility index (Phi) is 15.8. The van der Waals surface area contributed by atoms with Gasteiger partial charge in [-0.05, 0) is 132 Å². The molecule has 4 saturated carbocycles. The normalized spacial score (nSPS) is 29.0. The zero-order chi connectivity index (χ0) is 43.6. The number of carbonyl (C=O) groups is 3. The first kappa shape index (κ1) is 45.9. The monoisotopic (exact) mass is 855 g/mol. The van der Waals surface area contributed by atoms with Crippen molar-refractivity contribution in [1.29, 1.82) is 0 Å². The van der Waals surface area contributed by atoms with Gasteiger partial charge in [-0.1, -0.05) is 25.9 Å². The van der Waals surface area contributed by atoms with Gasteiger partial charge in [-0.15, -0.1) is 0 Å². The molecule has 6 rings (SSSR count). The number of carboxylic acid groups (broad SMARTS) is 1. The Balaban J connectivity index is 0.935. The second-order valence-corrected chi connectivity index (χ2v) is 17.9. The minimum absolute atomic E-state index is 0.0210. The van der Waals surface area contributed by atoms with Crippen LogP contribution >= 0.6 is 0 Å². The van der Waals surface area contributed by atoms with Gasteiger partial charge in [-0.3, -0.25) is 19.7 Å². The first-order chi connectivity index (χ1) is 29.4. The van der Waals surface area contributed by atoms with Crippen molar-refractivity contribution in [3.8, 4) is 0 Å². The molecule has 19 nitrogen and oxygen atoms in total. The summed E-state index contributed by atoms with van der Waals surface area (Å²) in [5, 5.41) is 34.8. The van der Waals surface area contributed by atoms with Crippen LogP contribution in [0.2, 0.25) is 0 Å². The largest absolute Gasteiger partial charge is 0.481 e. The lowest BCUT2D eigenvalue weighted by atomic mass is 9.44. The van der Waals surface area contributed by atoms with Gasteiger partial charge in [0.1, 0.15) is 18.8 Å². The summed E-state index contributed by atoms with van der Waals surface area (Å²) in [5.41, 5.74) is 8.38. The van der Waals surface area contributed by atoms with E-state index < -0.39 is 29.3 Å². The zero-order valence-electron chi connectivity index (χ0n) is 35.5. The number of nitro groups is 1. The van der Waals surface area contributed by atoms with Crippen molar-refractivity contribution >= 4 is 40.3 Å². The number of carbonyl (C=O) groups excluding carboxylic acids is 2. The number of non-ortho nitro benzene ring substituents is 1. The van der Waals surface area contributed by atoms with Crippen LogP contribution in [0.3, 0.4) is 0 Å². The number of ether oxygens (including phenoxy) is 5. The molecule has 4 aliphatic carbocycles. The molecule has 10 atom stereocenters. The number of azide groups is 1. The van der Waals surface area contributed by atoms with E-state index in [2.05, 4.69) is 46.4 Å². The third-order valence-corrected chi connectivity index (χ3v) is 14.7. The van der Waals surface area contributed by atoms with E-state index in [1.807, 2.05) is 0 Å². The smallest absolute Gasteiger partial charge is 0.329 e. The second-order valence-electron chi connectivity index (χ2n) is 17.9. The topological polar surface area (TPSA) is 260 Å². The Morgan fingerprint density at radius 1 is 0.967 bits per heavy atom. The molecule has 336 valence electrons. The highest BCUT2D eigenvalue weighted by atomic mass is 16.6. The van der Waals surface area contributed by atoms with Crippen LogP contribution in [0.1, 0.15) is 97.8 Å². The van der Waals surface area contributed by atoms with E-state index >= 15 is 0 Å². The van der Waals surface area contributed by atoms with E-state index in [0.717, 1.165) is 32.1 Å². The number of nitrogens with one attached hydrogen (secondary N) is 1. The van der Waals surface area contributed by atoms with Crippen molar-refractivity contribution in [2.45, 2.75) is 110 Å². The average molecular weight is 856 g/mol. The molecule has 19 heteroatoms. The first-order valence-electron chi connectivity index (χ1n) is 21.8. The van der Waals surface area contributed by atoms with Gasteiger partial charge in [0.2, 0.25) is 5.52 Å². The van der Waals surface area contributed by atoms with Crippen LogP contribution < -0.4 is 5.32 Å². The summed E-state index contributed by atoms with van der Waals surface area (Å²) in [6.07, 6.45) is 9.62. The minimum Gasteiger partial charge on any atom is -0.481 e. The third kappa shape index (κ3) is 10.9. The number of fused-ring (bicyclic) bond motifs is 6. The van der Waals surface area contributed by atoms with E-state index in [1.54, 1.807) is 0 Å². The molecule has 4 aliphatic rings. The van der Waals surface area contributed by atoms with Crippen LogP contribution in [0.5, 0.6) is 0 Å². The standard InChI is InChI=1S/C42H61N7O12/c1-26(4-11-37(52)59-23-22-58-21-20-57-19-18-56-17-16-44-48-43)30-7-8-31-29-6-5-27-24-28(12-14-41(27,2)32(29)13-15-42(30,31)3)60-40(53)34(25-36(50)51)45-33-9-10-35(49(54)55)39-38(33)46-61-47-39/h9-10,26-32,34,45H,4-8,11-25H2,1-3H3,(H,50,51)/t26-,27-,28-,29+,30-,31+,32+,34+,41+,42-/m1/s1. The molecule has 0 radical (unpaired) electrons. The predicted molar refractivity (Wildman–Crippen MR) is 219 cm³/mol. The molecule has 0 spiro atoms. The lowest BCUT2D eigenvalue weighted by Crippen LogP contribution is -2.54. The maximum Gasteiger partial charge on any atom is 0.329 e. The number of aliphatic carboxylic acids is 1. The first-order valence-corrected chi connectivity index (χ1v) is 21.8. The summed E-state index contributed by atoms with van der Waals surface area (Å²) >= 11 is 0. The summed E-state index contributed by atoms with van der Waals surface area (Å²) < 4.78 is 32.5. The molecule has 2 aromatic rings. The van der Waals surface area contributed by atoms with Crippen molar-refractivity contribution < 1.29 is 52.7 Å². The number of anilines is 1. The van der Waals surface area contributed by atoms with Gasteiger partial charge in [0.05, 0.1) is 56.7 Å². The fourth-order valence-electron chi connectivity index (χ4n) is 11.7. The summed E-state index contributed by atoms with van der Waals surface area (Å²) in [7, 11) is 0. The van der Waals surface area contributed by atoms with Crippen molar-refractivity contribution in [1.82, 2.24) is 10.3 Å². The summed E-state index contributed by atoms with van der Waals surface area (Å²) in [5.74, 6) is 1.16. The van der Waals surface area contributed by atoms with Crippen molar-refractivity contribution in [3.05, 3.63) is 32.7 Å². The maximum atomic E-state index is 13.6. The van der Waals surface area contributed by atoms with Crippen LogP contribution in [0, 0.1) is 56.5 Å². The molecular weight excluding hydrogens is 794 g/mol. The Labute approximate surface area is 355 Å². The van der Waals surface area contributed by atoms with Gasteiger partial charge in [-0.2, -0.15) is 0 Å². The van der Waals surface area contributed by atoms with Gasteiger partial charge in [0.15, 0.2) is 5.52 Å². The van der Waals surface area contributed by atoms with Crippen molar-refractivity contribution in [2.24, 2.45) is 51.5 Å². The Hall–Kier alpha value is -4.58.